The van der Waals surface area contributed by atoms with E-state index in [-0.39, 0.29) is 5.28 Å². The van der Waals surface area contributed by atoms with Crippen LogP contribution in [0.25, 0.3) is 0 Å². The normalized spacial score (nSPS) is 14.8. The molecule has 1 aromatic heterocycles. The molecule has 0 N–H and O–H groups in total. The van der Waals surface area contributed by atoms with Gasteiger partial charge in [-0.15, -0.1) is 0 Å². The second kappa shape index (κ2) is 7.59. The monoisotopic (exact) mass is 299 g/mol. The summed E-state index contributed by atoms with van der Waals surface area (Å²) in [6.45, 7) is 8.98. The molecule has 0 saturated carbocycles. The Balaban J connectivity index is 2.12. The van der Waals surface area contributed by atoms with Crippen LogP contribution in [0.5, 0.6) is 0 Å². The molecule has 0 aromatic carbocycles. The highest BCUT2D eigenvalue weighted by molar-refractivity contribution is 6.28. The minimum absolute atomic E-state index is 0.256. The molecule has 112 valence electrons. The lowest BCUT2D eigenvalue weighted by Gasteiger charge is -2.22. The topological polar surface area (TPSA) is 54.4 Å². The molecule has 1 saturated heterocycles. The van der Waals surface area contributed by atoms with Gasteiger partial charge in [-0.1, -0.05) is 0 Å². The first-order chi connectivity index (χ1) is 9.74. The van der Waals surface area contributed by atoms with E-state index in [1.807, 2.05) is 6.92 Å². The van der Waals surface area contributed by atoms with Crippen molar-refractivity contribution in [3.8, 4) is 0 Å². The zero-order chi connectivity index (χ0) is 14.4. The van der Waals surface area contributed by atoms with E-state index in [9.17, 15) is 0 Å². The molecule has 1 aromatic rings. The Hall–Kier alpha value is -1.14. The summed E-state index contributed by atoms with van der Waals surface area (Å²) in [5.74, 6) is 1.32. The highest BCUT2D eigenvalue weighted by Gasteiger charge is 2.18. The van der Waals surface area contributed by atoms with Crippen LogP contribution in [0.15, 0.2) is 0 Å². The third-order valence-electron chi connectivity index (χ3n) is 3.35. The smallest absolute Gasteiger partial charge is 0.231 e. The SMILES string of the molecule is CCOCCN(CC)c1nc(Cl)nc(N2CCCC2)n1. The van der Waals surface area contributed by atoms with E-state index in [0.717, 1.165) is 26.2 Å². The fourth-order valence-electron chi connectivity index (χ4n) is 2.25. The van der Waals surface area contributed by atoms with Gasteiger partial charge in [-0.3, -0.25) is 0 Å². The fourth-order valence-corrected chi connectivity index (χ4v) is 2.40. The van der Waals surface area contributed by atoms with Gasteiger partial charge in [0.25, 0.3) is 0 Å². The minimum Gasteiger partial charge on any atom is -0.380 e. The number of anilines is 2. The van der Waals surface area contributed by atoms with Crippen LogP contribution in [-0.2, 0) is 4.74 Å². The van der Waals surface area contributed by atoms with Crippen molar-refractivity contribution in [2.75, 3.05) is 49.2 Å². The maximum Gasteiger partial charge on any atom is 0.231 e. The summed E-state index contributed by atoms with van der Waals surface area (Å²) in [5.41, 5.74) is 0. The lowest BCUT2D eigenvalue weighted by atomic mass is 10.4. The van der Waals surface area contributed by atoms with Crippen LogP contribution in [0.1, 0.15) is 26.7 Å². The molecule has 1 aliphatic heterocycles. The second-order valence-electron chi connectivity index (χ2n) is 4.68. The summed E-state index contributed by atoms with van der Waals surface area (Å²) in [5, 5.41) is 0.256. The number of likely N-dealkylation sites (N-methyl/N-ethyl adjacent to an activating group) is 1. The molecule has 0 spiro atoms. The largest absolute Gasteiger partial charge is 0.380 e. The Bertz CT molecular complexity index is 425. The molecule has 2 rings (SSSR count). The lowest BCUT2D eigenvalue weighted by molar-refractivity contribution is 0.153. The Morgan fingerprint density at radius 3 is 2.60 bits per heavy atom. The fraction of sp³-hybridized carbons (Fsp3) is 0.769. The van der Waals surface area contributed by atoms with Crippen LogP contribution >= 0.6 is 11.6 Å². The molecule has 6 nitrogen and oxygen atoms in total. The highest BCUT2D eigenvalue weighted by Crippen LogP contribution is 2.20. The number of hydrogen-bond donors (Lipinski definition) is 0. The van der Waals surface area contributed by atoms with Crippen molar-refractivity contribution < 1.29 is 4.74 Å². The summed E-state index contributed by atoms with van der Waals surface area (Å²) in [7, 11) is 0. The predicted octanol–water partition coefficient (Wildman–Crippen LogP) is 1.99. The number of nitrogens with zero attached hydrogens (tertiary/aromatic N) is 5. The van der Waals surface area contributed by atoms with Gasteiger partial charge < -0.3 is 14.5 Å². The summed E-state index contributed by atoms with van der Waals surface area (Å²) in [6, 6.07) is 0. The van der Waals surface area contributed by atoms with E-state index in [4.69, 9.17) is 16.3 Å². The van der Waals surface area contributed by atoms with E-state index >= 15 is 0 Å². The van der Waals surface area contributed by atoms with Gasteiger partial charge in [0.15, 0.2) is 0 Å². The number of ether oxygens (including phenoxy) is 1. The van der Waals surface area contributed by atoms with E-state index in [1.165, 1.54) is 12.8 Å². The highest BCUT2D eigenvalue weighted by atomic mass is 35.5. The van der Waals surface area contributed by atoms with Crippen LogP contribution in [0, 0.1) is 0 Å². The van der Waals surface area contributed by atoms with Crippen molar-refractivity contribution in [2.24, 2.45) is 0 Å². The van der Waals surface area contributed by atoms with Gasteiger partial charge in [-0.25, -0.2) is 0 Å². The van der Waals surface area contributed by atoms with Crippen molar-refractivity contribution >= 4 is 23.5 Å². The van der Waals surface area contributed by atoms with E-state index in [0.29, 0.717) is 25.1 Å². The van der Waals surface area contributed by atoms with Gasteiger partial charge >= 0.3 is 0 Å². The molecular weight excluding hydrogens is 278 g/mol. The maximum absolute atomic E-state index is 6.04. The van der Waals surface area contributed by atoms with Crippen molar-refractivity contribution in [1.29, 1.82) is 0 Å². The molecule has 7 heteroatoms. The van der Waals surface area contributed by atoms with Crippen LogP contribution in [0.4, 0.5) is 11.9 Å². The van der Waals surface area contributed by atoms with Gasteiger partial charge in [-0.2, -0.15) is 15.0 Å². The molecule has 0 atom stereocenters. The number of hydrogen-bond acceptors (Lipinski definition) is 6. The summed E-state index contributed by atoms with van der Waals surface area (Å²) < 4.78 is 5.39. The second-order valence-corrected chi connectivity index (χ2v) is 5.01. The van der Waals surface area contributed by atoms with Crippen LogP contribution in [0.3, 0.4) is 0 Å². The van der Waals surface area contributed by atoms with Crippen LogP contribution < -0.4 is 9.80 Å². The number of aromatic nitrogens is 3. The average Bonchev–Trinajstić information content (AvgIpc) is 2.97. The Labute approximate surface area is 125 Å². The molecule has 1 fully saturated rings. The average molecular weight is 300 g/mol. The quantitative estimate of drug-likeness (QED) is 0.718. The standard InChI is InChI=1S/C13H22ClN5O/c1-3-18(9-10-20-4-2)12-15-11(14)16-13(17-12)19-7-5-6-8-19/h3-10H2,1-2H3. The van der Waals surface area contributed by atoms with Crippen LogP contribution in [-0.4, -0.2) is 54.3 Å². The third-order valence-corrected chi connectivity index (χ3v) is 3.52. The van der Waals surface area contributed by atoms with Crippen LogP contribution in [0.2, 0.25) is 5.28 Å². The molecule has 0 radical (unpaired) electrons. The maximum atomic E-state index is 6.04. The lowest BCUT2D eigenvalue weighted by Crippen LogP contribution is -2.30. The molecule has 0 aliphatic carbocycles. The first-order valence-electron chi connectivity index (χ1n) is 7.23. The first-order valence-corrected chi connectivity index (χ1v) is 7.61. The van der Waals surface area contributed by atoms with Gasteiger partial charge in [0.2, 0.25) is 17.2 Å². The van der Waals surface area contributed by atoms with Crippen molar-refractivity contribution in [3.05, 3.63) is 5.28 Å². The van der Waals surface area contributed by atoms with Gasteiger partial charge in [-0.05, 0) is 38.3 Å². The molecular formula is C13H22ClN5O. The van der Waals surface area contributed by atoms with E-state index in [1.54, 1.807) is 0 Å². The molecule has 2 heterocycles. The summed E-state index contributed by atoms with van der Waals surface area (Å²) >= 11 is 6.04. The number of rotatable bonds is 7. The molecule has 20 heavy (non-hydrogen) atoms. The summed E-state index contributed by atoms with van der Waals surface area (Å²) in [4.78, 5) is 17.3. The molecule has 0 amide bonds. The zero-order valence-corrected chi connectivity index (χ0v) is 12.9. The van der Waals surface area contributed by atoms with Crippen molar-refractivity contribution in [1.82, 2.24) is 15.0 Å². The van der Waals surface area contributed by atoms with Gasteiger partial charge in [0.1, 0.15) is 0 Å². The third kappa shape index (κ3) is 3.93. The zero-order valence-electron chi connectivity index (χ0n) is 12.2. The van der Waals surface area contributed by atoms with E-state index < -0.39 is 0 Å². The van der Waals surface area contributed by atoms with Crippen molar-refractivity contribution in [3.63, 3.8) is 0 Å². The first kappa shape index (κ1) is 15.3. The molecule has 0 unspecified atom stereocenters. The van der Waals surface area contributed by atoms with Gasteiger partial charge in [0.05, 0.1) is 6.61 Å². The minimum atomic E-state index is 0.256. The molecule has 1 aliphatic rings. The summed E-state index contributed by atoms with van der Waals surface area (Å²) in [6.07, 6.45) is 2.36. The number of halogens is 1. The molecule has 0 bridgehead atoms. The predicted molar refractivity (Wildman–Crippen MR) is 80.7 cm³/mol. The van der Waals surface area contributed by atoms with E-state index in [2.05, 4.69) is 31.7 Å². The van der Waals surface area contributed by atoms with Gasteiger partial charge in [0, 0.05) is 32.8 Å². The Kier molecular flexibility index (Phi) is 5.79. The van der Waals surface area contributed by atoms with Crippen molar-refractivity contribution in [2.45, 2.75) is 26.7 Å². The Morgan fingerprint density at radius 2 is 1.95 bits per heavy atom. The Morgan fingerprint density at radius 1 is 1.20 bits per heavy atom.